The van der Waals surface area contributed by atoms with Crippen molar-refractivity contribution in [3.05, 3.63) is 41.8 Å². The van der Waals surface area contributed by atoms with Gasteiger partial charge in [-0.2, -0.15) is 4.98 Å². The third-order valence-electron chi connectivity index (χ3n) is 6.90. The molecule has 3 aromatic rings. The number of hydrogen-bond acceptors (Lipinski definition) is 10. The van der Waals surface area contributed by atoms with Crippen molar-refractivity contribution >= 4 is 43.2 Å². The molecule has 3 N–H and O–H groups in total. The first-order chi connectivity index (χ1) is 17.9. The zero-order valence-corrected chi connectivity index (χ0v) is 22.3. The molecule has 1 aliphatic heterocycles. The van der Waals surface area contributed by atoms with Gasteiger partial charge in [0.15, 0.2) is 5.65 Å². The van der Waals surface area contributed by atoms with Crippen LogP contribution in [0.3, 0.4) is 0 Å². The fraction of sp³-hybridized carbons (Fsp3) is 0.500. The van der Waals surface area contributed by atoms with Crippen LogP contribution in [0.5, 0.6) is 5.75 Å². The second-order valence-corrected chi connectivity index (χ2v) is 10.9. The summed E-state index contributed by atoms with van der Waals surface area (Å²) in [5.74, 6) is 0.686. The SMILES string of the molecule is CCC1CC(COP(NC2(C(=O)OC)CCC2)Oc2ccc(Cl)cc2)OC1n1cnc2cnc(N)nc21. The average molecular weight is 549 g/mol. The number of anilines is 1. The van der Waals surface area contributed by atoms with Crippen LogP contribution in [-0.4, -0.2) is 50.8 Å². The van der Waals surface area contributed by atoms with E-state index in [1.807, 2.05) is 4.57 Å². The Hall–Kier alpha value is -2.56. The van der Waals surface area contributed by atoms with Crippen molar-refractivity contribution in [2.75, 3.05) is 19.5 Å². The van der Waals surface area contributed by atoms with Crippen LogP contribution in [0, 0.1) is 5.92 Å². The van der Waals surface area contributed by atoms with Crippen LogP contribution in [0.2, 0.25) is 5.02 Å². The quantitative estimate of drug-likeness (QED) is 0.277. The lowest BCUT2D eigenvalue weighted by Crippen LogP contribution is -2.56. The molecule has 1 aromatic carbocycles. The molecule has 4 atom stereocenters. The van der Waals surface area contributed by atoms with E-state index in [9.17, 15) is 4.79 Å². The van der Waals surface area contributed by atoms with Crippen molar-refractivity contribution < 1.29 is 23.3 Å². The largest absolute Gasteiger partial charge is 0.468 e. The van der Waals surface area contributed by atoms with Gasteiger partial charge in [-0.25, -0.2) is 15.1 Å². The number of methoxy groups -OCH3 is 1. The van der Waals surface area contributed by atoms with E-state index >= 15 is 0 Å². The summed E-state index contributed by atoms with van der Waals surface area (Å²) in [4.78, 5) is 25.3. The van der Waals surface area contributed by atoms with Crippen molar-refractivity contribution in [2.45, 2.75) is 56.9 Å². The summed E-state index contributed by atoms with van der Waals surface area (Å²) in [5, 5.41) is 3.91. The highest BCUT2D eigenvalue weighted by Crippen LogP contribution is 2.46. The van der Waals surface area contributed by atoms with Gasteiger partial charge < -0.3 is 24.3 Å². The number of nitrogens with two attached hydrogens (primary N) is 1. The number of hydrogen-bond donors (Lipinski definition) is 2. The maximum Gasteiger partial charge on any atom is 0.326 e. The lowest BCUT2D eigenvalue weighted by molar-refractivity contribution is -0.151. The minimum absolute atomic E-state index is 0.187. The molecule has 2 aromatic heterocycles. The van der Waals surface area contributed by atoms with Gasteiger partial charge in [-0.15, -0.1) is 0 Å². The van der Waals surface area contributed by atoms with Gasteiger partial charge in [0.25, 0.3) is 0 Å². The summed E-state index contributed by atoms with van der Waals surface area (Å²) in [5.41, 5.74) is 6.29. The van der Waals surface area contributed by atoms with Gasteiger partial charge in [-0.05, 0) is 56.4 Å². The summed E-state index contributed by atoms with van der Waals surface area (Å²) in [7, 11) is -0.292. The fourth-order valence-corrected chi connectivity index (χ4v) is 6.27. The second-order valence-electron chi connectivity index (χ2n) is 9.28. The van der Waals surface area contributed by atoms with E-state index in [0.29, 0.717) is 34.8 Å². The summed E-state index contributed by atoms with van der Waals surface area (Å²) in [6.45, 7) is 2.40. The van der Waals surface area contributed by atoms with Gasteiger partial charge in [0.1, 0.15) is 23.0 Å². The van der Waals surface area contributed by atoms with Crippen molar-refractivity contribution in [3.63, 3.8) is 0 Å². The molecule has 1 saturated carbocycles. The van der Waals surface area contributed by atoms with Crippen LogP contribution in [0.15, 0.2) is 36.8 Å². The third-order valence-corrected chi connectivity index (χ3v) is 8.52. The zero-order valence-electron chi connectivity index (χ0n) is 20.7. The van der Waals surface area contributed by atoms with Gasteiger partial charge in [0, 0.05) is 10.9 Å². The topological polar surface area (TPSA) is 136 Å². The Bertz CT molecular complexity index is 1240. The number of nitrogen functional groups attached to an aromatic ring is 1. The van der Waals surface area contributed by atoms with E-state index in [1.165, 1.54) is 7.11 Å². The first-order valence-electron chi connectivity index (χ1n) is 12.2. The van der Waals surface area contributed by atoms with Gasteiger partial charge in [-0.1, -0.05) is 18.5 Å². The number of halogens is 1. The van der Waals surface area contributed by atoms with E-state index < -0.39 is 14.1 Å². The Morgan fingerprint density at radius 2 is 2.11 bits per heavy atom. The minimum atomic E-state index is -1.68. The summed E-state index contributed by atoms with van der Waals surface area (Å²) < 4.78 is 25.8. The normalized spacial score (nSPS) is 23.5. The number of nitrogens with zero attached hydrogens (tertiary/aromatic N) is 4. The molecular weight excluding hydrogens is 519 g/mol. The third kappa shape index (κ3) is 5.51. The number of imidazole rings is 1. The highest BCUT2D eigenvalue weighted by Gasteiger charge is 2.48. The number of esters is 1. The first-order valence-corrected chi connectivity index (χ1v) is 13.8. The smallest absolute Gasteiger partial charge is 0.326 e. The summed E-state index contributed by atoms with van der Waals surface area (Å²) in [6.07, 6.45) is 6.79. The molecule has 0 bridgehead atoms. The lowest BCUT2D eigenvalue weighted by Gasteiger charge is -2.40. The maximum atomic E-state index is 12.5. The van der Waals surface area contributed by atoms with Crippen molar-refractivity contribution in [2.24, 2.45) is 5.92 Å². The number of aromatic nitrogens is 4. The van der Waals surface area contributed by atoms with Crippen LogP contribution < -0.4 is 15.3 Å². The molecule has 0 amide bonds. The zero-order chi connectivity index (χ0) is 26.0. The van der Waals surface area contributed by atoms with Crippen LogP contribution in [0.1, 0.15) is 45.3 Å². The molecule has 2 aliphatic rings. The Balaban J connectivity index is 1.30. The minimum Gasteiger partial charge on any atom is -0.468 e. The number of nitrogens with one attached hydrogen (secondary N) is 1. The average Bonchev–Trinajstić information content (AvgIpc) is 3.48. The molecule has 37 heavy (non-hydrogen) atoms. The molecule has 0 spiro atoms. The van der Waals surface area contributed by atoms with Gasteiger partial charge in [0.05, 0.1) is 32.3 Å². The Kier molecular flexibility index (Phi) is 7.78. The molecule has 0 radical (unpaired) electrons. The molecule has 13 heteroatoms. The number of carbonyl (C=O) groups excluding carboxylic acids is 1. The molecular formula is C24H30ClN6O5P. The summed E-state index contributed by atoms with van der Waals surface area (Å²) >= 11 is 6.03. The Morgan fingerprint density at radius 1 is 1.32 bits per heavy atom. The Labute approximate surface area is 221 Å². The van der Waals surface area contributed by atoms with Crippen LogP contribution in [0.25, 0.3) is 11.2 Å². The van der Waals surface area contributed by atoms with Gasteiger partial charge >= 0.3 is 14.5 Å². The molecule has 1 saturated heterocycles. The fourth-order valence-electron chi connectivity index (χ4n) is 4.70. The van der Waals surface area contributed by atoms with Crippen LogP contribution >= 0.6 is 20.1 Å². The van der Waals surface area contributed by atoms with Crippen LogP contribution in [0.4, 0.5) is 5.95 Å². The molecule has 198 valence electrons. The van der Waals surface area contributed by atoms with Crippen molar-refractivity contribution in [1.82, 2.24) is 24.6 Å². The van der Waals surface area contributed by atoms with E-state index in [4.69, 9.17) is 35.9 Å². The number of carbonyl (C=O) groups is 1. The number of benzene rings is 1. The van der Waals surface area contributed by atoms with Crippen molar-refractivity contribution in [1.29, 1.82) is 0 Å². The predicted octanol–water partition coefficient (Wildman–Crippen LogP) is 4.38. The molecule has 1 aliphatic carbocycles. The van der Waals surface area contributed by atoms with Crippen molar-refractivity contribution in [3.8, 4) is 5.75 Å². The molecule has 3 heterocycles. The number of ether oxygens (including phenoxy) is 2. The van der Waals surface area contributed by atoms with Gasteiger partial charge in [-0.3, -0.25) is 9.36 Å². The highest BCUT2D eigenvalue weighted by atomic mass is 35.5. The summed E-state index contributed by atoms with van der Waals surface area (Å²) in [6, 6.07) is 7.01. The number of rotatable bonds is 10. The van der Waals surface area contributed by atoms with E-state index in [0.717, 1.165) is 19.3 Å². The maximum absolute atomic E-state index is 12.5. The van der Waals surface area contributed by atoms with E-state index in [2.05, 4.69) is 27.0 Å². The van der Waals surface area contributed by atoms with Crippen LogP contribution in [-0.2, 0) is 18.8 Å². The monoisotopic (exact) mass is 548 g/mol. The molecule has 4 unspecified atom stereocenters. The van der Waals surface area contributed by atoms with E-state index in [-0.39, 0.29) is 36.8 Å². The Morgan fingerprint density at radius 3 is 2.78 bits per heavy atom. The second kappa shape index (κ2) is 11.0. The van der Waals surface area contributed by atoms with Gasteiger partial charge in [0.2, 0.25) is 5.95 Å². The highest BCUT2D eigenvalue weighted by molar-refractivity contribution is 7.45. The molecule has 2 fully saturated rings. The standard InChI is InChI=1S/C24H30ClN6O5P/c1-3-15-11-18(35-21(15)31-14-28-19-12-27-23(26)29-20(19)31)13-34-37(36-17-7-5-16(25)6-8-17)30-24(9-4-10-24)22(32)33-2/h5-8,12,14-15,18,21,30H,3-4,9-11,13H2,1-2H3,(H2,26,27,29). The lowest BCUT2D eigenvalue weighted by atomic mass is 9.78. The number of fused-ring (bicyclic) bond motifs is 1. The first kappa shape index (κ1) is 26.1. The van der Waals surface area contributed by atoms with E-state index in [1.54, 1.807) is 36.8 Å². The predicted molar refractivity (Wildman–Crippen MR) is 139 cm³/mol. The molecule has 5 rings (SSSR count). The molecule has 11 nitrogen and oxygen atoms in total.